The van der Waals surface area contributed by atoms with E-state index in [0.717, 1.165) is 9.37 Å². The van der Waals surface area contributed by atoms with Gasteiger partial charge in [0.2, 0.25) is 0 Å². The van der Waals surface area contributed by atoms with Crippen LogP contribution in [0, 0.1) is 0 Å². The van der Waals surface area contributed by atoms with E-state index >= 15 is 0 Å². The molecule has 2 amide bonds. The van der Waals surface area contributed by atoms with Gasteiger partial charge in [0, 0.05) is 31.3 Å². The van der Waals surface area contributed by atoms with Gasteiger partial charge in [-0.3, -0.25) is 9.59 Å². The first kappa shape index (κ1) is 19.7. The first-order valence-electron chi connectivity index (χ1n) is 6.06. The van der Waals surface area contributed by atoms with Gasteiger partial charge in [-0.25, -0.2) is 4.90 Å². The molecule has 3 rings (SSSR count). The summed E-state index contributed by atoms with van der Waals surface area (Å²) in [5.41, 5.74) is 1.07. The third kappa shape index (κ3) is 2.97. The molecular weight excluding hydrogens is 773 g/mol. The first-order valence-corrected chi connectivity index (χ1v) is 11.6. The average molecular weight is 776 g/mol. The lowest BCUT2D eigenvalue weighted by Gasteiger charge is -2.18. The second-order valence-corrected chi connectivity index (χ2v) is 10.5. The number of benzene rings is 2. The summed E-state index contributed by atoms with van der Waals surface area (Å²) in [6.45, 7) is 0. The number of amides is 2. The van der Waals surface area contributed by atoms with Crippen molar-refractivity contribution >= 4 is 129 Å². The van der Waals surface area contributed by atoms with Crippen LogP contribution in [0.15, 0.2) is 43.4 Å². The van der Waals surface area contributed by atoms with Gasteiger partial charge in [0.05, 0.1) is 16.8 Å². The molecule has 24 heavy (non-hydrogen) atoms. The maximum absolute atomic E-state index is 13.0. The largest absolute Gasteiger partial charge is 0.268 e. The fourth-order valence-corrected chi connectivity index (χ4v) is 7.37. The van der Waals surface area contributed by atoms with Crippen molar-refractivity contribution in [3.8, 4) is 0 Å². The van der Waals surface area contributed by atoms with Crippen LogP contribution in [-0.4, -0.2) is 11.8 Å². The SMILES string of the molecule is O=C1c2c(Br)c(Br)c(Br)c(Br)c2C(=O)N1c1c(Br)cc(Br)cc1Br. The Labute approximate surface area is 195 Å². The van der Waals surface area contributed by atoms with Crippen LogP contribution in [0.4, 0.5) is 5.69 Å². The van der Waals surface area contributed by atoms with Gasteiger partial charge >= 0.3 is 0 Å². The molecule has 1 aliphatic rings. The second kappa shape index (κ2) is 7.16. The Bertz CT molecular complexity index is 871. The number of nitrogens with zero attached hydrogens (tertiary/aromatic N) is 1. The smallest absolute Gasteiger partial charge is 0.267 e. The third-order valence-corrected chi connectivity index (χ3v) is 9.74. The number of halogens is 7. The van der Waals surface area contributed by atoms with E-state index in [1.807, 2.05) is 0 Å². The van der Waals surface area contributed by atoms with E-state index in [1.165, 1.54) is 0 Å². The number of imide groups is 1. The van der Waals surface area contributed by atoms with Gasteiger partial charge in [-0.05, 0) is 108 Å². The van der Waals surface area contributed by atoms with Crippen molar-refractivity contribution in [3.05, 3.63) is 54.6 Å². The van der Waals surface area contributed by atoms with Crippen molar-refractivity contribution in [1.82, 2.24) is 0 Å². The van der Waals surface area contributed by atoms with Crippen molar-refractivity contribution in [2.24, 2.45) is 0 Å². The van der Waals surface area contributed by atoms with E-state index in [-0.39, 0.29) is 0 Å². The third-order valence-electron chi connectivity index (χ3n) is 3.31. The predicted molar refractivity (Wildman–Crippen MR) is 118 cm³/mol. The van der Waals surface area contributed by atoms with Crippen molar-refractivity contribution in [3.63, 3.8) is 0 Å². The quantitative estimate of drug-likeness (QED) is 0.169. The molecule has 2 aromatic carbocycles. The topological polar surface area (TPSA) is 37.4 Å². The number of hydrogen-bond donors (Lipinski definition) is 0. The minimum Gasteiger partial charge on any atom is -0.268 e. The van der Waals surface area contributed by atoms with Crippen LogP contribution in [-0.2, 0) is 0 Å². The second-order valence-electron chi connectivity index (χ2n) is 4.67. The van der Waals surface area contributed by atoms with Crippen LogP contribution < -0.4 is 4.90 Å². The van der Waals surface area contributed by atoms with Crippen LogP contribution in [0.1, 0.15) is 20.7 Å². The number of carbonyl (C=O) groups is 2. The maximum atomic E-state index is 13.0. The molecule has 0 saturated carbocycles. The molecule has 0 bridgehead atoms. The lowest BCUT2D eigenvalue weighted by molar-refractivity contribution is 0.0925. The zero-order chi connectivity index (χ0) is 17.9. The average Bonchev–Trinajstić information content (AvgIpc) is 2.75. The summed E-state index contributed by atoms with van der Waals surface area (Å²) < 4.78 is 4.41. The minimum absolute atomic E-state index is 0.309. The summed E-state index contributed by atoms with van der Waals surface area (Å²) in [7, 11) is 0. The monoisotopic (exact) mass is 768 g/mol. The van der Waals surface area contributed by atoms with Crippen LogP contribution in [0.25, 0.3) is 0 Å². The van der Waals surface area contributed by atoms with Crippen LogP contribution >= 0.6 is 112 Å². The van der Waals surface area contributed by atoms with Gasteiger partial charge in [-0.15, -0.1) is 0 Å². The number of rotatable bonds is 1. The summed E-state index contributed by atoms with van der Waals surface area (Å²) in [6, 6.07) is 3.55. The number of fused-ring (bicyclic) bond motifs is 1. The van der Waals surface area contributed by atoms with Crippen molar-refractivity contribution < 1.29 is 9.59 Å². The van der Waals surface area contributed by atoms with Gasteiger partial charge in [0.25, 0.3) is 11.8 Å². The molecule has 0 saturated heterocycles. The molecule has 1 aliphatic heterocycles. The zero-order valence-electron chi connectivity index (χ0n) is 11.1. The summed E-state index contributed by atoms with van der Waals surface area (Å²) >= 11 is 23.9. The minimum atomic E-state index is -0.403. The van der Waals surface area contributed by atoms with E-state index < -0.39 is 11.8 Å². The highest BCUT2D eigenvalue weighted by Gasteiger charge is 2.43. The zero-order valence-corrected chi connectivity index (χ0v) is 22.2. The summed E-state index contributed by atoms with van der Waals surface area (Å²) in [6.07, 6.45) is 0. The Hall–Kier alpha value is 0.940. The van der Waals surface area contributed by atoms with E-state index in [0.29, 0.717) is 43.7 Å². The fourth-order valence-electron chi connectivity index (χ4n) is 2.30. The van der Waals surface area contributed by atoms with Gasteiger partial charge < -0.3 is 0 Å². The Kier molecular flexibility index (Phi) is 5.88. The van der Waals surface area contributed by atoms with E-state index in [9.17, 15) is 9.59 Å². The van der Waals surface area contributed by atoms with Gasteiger partial charge in [0.15, 0.2) is 0 Å². The highest BCUT2D eigenvalue weighted by molar-refractivity contribution is 9.15. The molecule has 3 nitrogen and oxygen atoms in total. The molecule has 0 radical (unpaired) electrons. The lowest BCUT2D eigenvalue weighted by atomic mass is 10.1. The normalized spacial score (nSPS) is 13.7. The first-order chi connectivity index (χ1) is 11.2. The van der Waals surface area contributed by atoms with Crippen molar-refractivity contribution in [2.45, 2.75) is 0 Å². The molecule has 0 unspecified atom stereocenters. The van der Waals surface area contributed by atoms with Gasteiger partial charge in [-0.1, -0.05) is 15.9 Å². The van der Waals surface area contributed by atoms with Crippen LogP contribution in [0.5, 0.6) is 0 Å². The Morgan fingerprint density at radius 2 is 1.00 bits per heavy atom. The molecule has 0 aromatic heterocycles. The molecular formula is C14H2Br7NO2. The molecule has 0 aliphatic carbocycles. The highest BCUT2D eigenvalue weighted by atomic mass is 79.9. The Balaban J connectivity index is 2.30. The van der Waals surface area contributed by atoms with Crippen LogP contribution in [0.2, 0.25) is 0 Å². The Morgan fingerprint density at radius 1 is 0.625 bits per heavy atom. The van der Waals surface area contributed by atoms with E-state index in [4.69, 9.17) is 0 Å². The molecule has 2 aromatic rings. The number of hydrogen-bond acceptors (Lipinski definition) is 2. The lowest BCUT2D eigenvalue weighted by Crippen LogP contribution is -2.30. The van der Waals surface area contributed by atoms with E-state index in [2.05, 4.69) is 112 Å². The maximum Gasteiger partial charge on any atom is 0.267 e. The van der Waals surface area contributed by atoms with Gasteiger partial charge in [-0.2, -0.15) is 0 Å². The number of anilines is 1. The molecule has 124 valence electrons. The van der Waals surface area contributed by atoms with Gasteiger partial charge in [0.1, 0.15) is 0 Å². The van der Waals surface area contributed by atoms with Crippen molar-refractivity contribution in [1.29, 1.82) is 0 Å². The molecule has 0 atom stereocenters. The standard InChI is InChI=1S/C14H2Br7NO2/c15-3-1-4(16)12(5(17)2-3)22-13(23)6-7(14(22)24)9(19)11(21)10(20)8(6)18/h1-2H. The highest BCUT2D eigenvalue weighted by Crippen LogP contribution is 2.48. The van der Waals surface area contributed by atoms with Crippen molar-refractivity contribution in [2.75, 3.05) is 4.90 Å². The number of carbonyl (C=O) groups excluding carboxylic acids is 2. The molecule has 1 heterocycles. The summed E-state index contributed by atoms with van der Waals surface area (Å²) in [5.74, 6) is -0.806. The Morgan fingerprint density at radius 3 is 1.38 bits per heavy atom. The predicted octanol–water partition coefficient (Wildman–Crippen LogP) is 7.82. The molecule has 10 heteroatoms. The summed E-state index contributed by atoms with van der Waals surface area (Å²) in [4.78, 5) is 27.1. The van der Waals surface area contributed by atoms with Crippen LogP contribution in [0.3, 0.4) is 0 Å². The molecule has 0 fully saturated rings. The van der Waals surface area contributed by atoms with E-state index in [1.54, 1.807) is 12.1 Å². The fraction of sp³-hybridized carbons (Fsp3) is 0. The molecule has 0 N–H and O–H groups in total. The molecule has 0 spiro atoms. The summed E-state index contributed by atoms with van der Waals surface area (Å²) in [5, 5.41) is 0.